The van der Waals surface area contributed by atoms with Crippen LogP contribution in [0.2, 0.25) is 0 Å². The lowest BCUT2D eigenvalue weighted by Gasteiger charge is -2.10. The van der Waals surface area contributed by atoms with E-state index in [-0.39, 0.29) is 18.8 Å². The molecule has 0 heterocycles. The van der Waals surface area contributed by atoms with Crippen LogP contribution in [0.15, 0.2) is 48.5 Å². The average molecular weight is 301 g/mol. The molecule has 0 bridgehead atoms. The van der Waals surface area contributed by atoms with Gasteiger partial charge in [0.2, 0.25) is 0 Å². The number of urea groups is 1. The number of nitrogens with one attached hydrogen (secondary N) is 2. The van der Waals surface area contributed by atoms with Gasteiger partial charge in [-0.05, 0) is 17.2 Å². The number of carbonyl (C=O) groups is 1. The second-order valence-electron chi connectivity index (χ2n) is 4.54. The third kappa shape index (κ3) is 4.03. The molecule has 0 spiro atoms. The van der Waals surface area contributed by atoms with E-state index in [0.717, 1.165) is 11.1 Å². The number of nitrogens with zero attached hydrogens (tertiary/aromatic N) is 1. The fraction of sp³-hybridized carbons (Fsp3) is 0.133. The second-order valence-corrected chi connectivity index (χ2v) is 4.54. The summed E-state index contributed by atoms with van der Waals surface area (Å²) < 4.78 is 0. The van der Waals surface area contributed by atoms with Gasteiger partial charge < -0.3 is 15.7 Å². The lowest BCUT2D eigenvalue weighted by atomic mass is 10.1. The van der Waals surface area contributed by atoms with E-state index in [4.69, 9.17) is 0 Å². The summed E-state index contributed by atoms with van der Waals surface area (Å²) in [5.41, 5.74) is 1.78. The van der Waals surface area contributed by atoms with Crippen molar-refractivity contribution in [3.63, 3.8) is 0 Å². The topological polar surface area (TPSA) is 104 Å². The molecule has 2 amide bonds. The molecule has 0 aliphatic carbocycles. The first kappa shape index (κ1) is 15.5. The van der Waals surface area contributed by atoms with E-state index in [1.165, 1.54) is 18.2 Å². The number of nitro benzene ring substituents is 1. The highest BCUT2D eigenvalue weighted by Gasteiger charge is 2.08. The molecule has 3 N–H and O–H groups in total. The van der Waals surface area contributed by atoms with Gasteiger partial charge >= 0.3 is 6.03 Å². The number of amides is 2. The molecule has 2 aromatic carbocycles. The van der Waals surface area contributed by atoms with E-state index in [0.29, 0.717) is 5.69 Å². The monoisotopic (exact) mass is 301 g/mol. The van der Waals surface area contributed by atoms with Gasteiger partial charge in [-0.25, -0.2) is 4.79 Å². The molecule has 0 saturated carbocycles. The highest BCUT2D eigenvalue weighted by molar-refractivity contribution is 5.89. The summed E-state index contributed by atoms with van der Waals surface area (Å²) in [4.78, 5) is 22.0. The molecule has 0 atom stereocenters. The standard InChI is InChI=1S/C15H15N3O4/c19-10-12-5-2-1-4-11(12)9-16-15(20)17-13-6-3-7-14(8-13)18(21)22/h1-8,19H,9-10H2,(H2,16,17,20). The molecule has 114 valence electrons. The Balaban J connectivity index is 1.96. The van der Waals surface area contributed by atoms with Crippen molar-refractivity contribution < 1.29 is 14.8 Å². The zero-order valence-electron chi connectivity index (χ0n) is 11.7. The smallest absolute Gasteiger partial charge is 0.319 e. The third-order valence-corrected chi connectivity index (χ3v) is 3.04. The number of hydrogen-bond acceptors (Lipinski definition) is 4. The Kier molecular flexibility index (Phi) is 5.05. The summed E-state index contributed by atoms with van der Waals surface area (Å²) in [5.74, 6) is 0. The number of rotatable bonds is 5. The number of non-ortho nitro benzene ring substituents is 1. The first-order chi connectivity index (χ1) is 10.6. The van der Waals surface area contributed by atoms with Gasteiger partial charge in [0.1, 0.15) is 0 Å². The Bertz CT molecular complexity index is 688. The zero-order valence-corrected chi connectivity index (χ0v) is 11.7. The van der Waals surface area contributed by atoms with Crippen LogP contribution in [-0.2, 0) is 13.2 Å². The van der Waals surface area contributed by atoms with Gasteiger partial charge in [-0.2, -0.15) is 0 Å². The van der Waals surface area contributed by atoms with Crippen LogP contribution < -0.4 is 10.6 Å². The number of aliphatic hydroxyl groups excluding tert-OH is 1. The molecule has 7 heteroatoms. The number of hydrogen-bond donors (Lipinski definition) is 3. The number of nitro groups is 1. The Hall–Kier alpha value is -2.93. The quantitative estimate of drug-likeness (QED) is 0.582. The number of benzene rings is 2. The predicted octanol–water partition coefficient (Wildman–Crippen LogP) is 2.41. The molecule has 0 aliphatic heterocycles. The van der Waals surface area contributed by atoms with Crippen LogP contribution in [0.25, 0.3) is 0 Å². The van der Waals surface area contributed by atoms with Crippen LogP contribution >= 0.6 is 0 Å². The lowest BCUT2D eigenvalue weighted by Crippen LogP contribution is -2.28. The third-order valence-electron chi connectivity index (χ3n) is 3.04. The number of carbonyl (C=O) groups excluding carboxylic acids is 1. The van der Waals surface area contributed by atoms with E-state index >= 15 is 0 Å². The van der Waals surface area contributed by atoms with Crippen molar-refractivity contribution in [3.05, 3.63) is 69.8 Å². The summed E-state index contributed by atoms with van der Waals surface area (Å²) in [5, 5.41) is 25.1. The minimum atomic E-state index is -0.527. The fourth-order valence-corrected chi connectivity index (χ4v) is 1.93. The van der Waals surface area contributed by atoms with Gasteiger partial charge in [0.05, 0.1) is 11.5 Å². The molecule has 0 radical (unpaired) electrons. The first-order valence-corrected chi connectivity index (χ1v) is 6.57. The number of anilines is 1. The SMILES string of the molecule is O=C(NCc1ccccc1CO)Nc1cccc([N+](=O)[O-])c1. The number of aliphatic hydroxyl groups is 1. The van der Waals surface area contributed by atoms with Crippen LogP contribution in [-0.4, -0.2) is 16.1 Å². The van der Waals surface area contributed by atoms with Gasteiger partial charge in [0.15, 0.2) is 0 Å². The van der Waals surface area contributed by atoms with E-state index in [1.54, 1.807) is 24.3 Å². The van der Waals surface area contributed by atoms with Gasteiger partial charge in [-0.3, -0.25) is 10.1 Å². The largest absolute Gasteiger partial charge is 0.392 e. The summed E-state index contributed by atoms with van der Waals surface area (Å²) in [6.45, 7) is 0.141. The minimum Gasteiger partial charge on any atom is -0.392 e. The zero-order chi connectivity index (χ0) is 15.9. The second kappa shape index (κ2) is 7.19. The van der Waals surface area contributed by atoms with Crippen molar-refractivity contribution >= 4 is 17.4 Å². The molecule has 0 saturated heterocycles. The molecule has 0 unspecified atom stereocenters. The first-order valence-electron chi connectivity index (χ1n) is 6.57. The van der Waals surface area contributed by atoms with Crippen molar-refractivity contribution in [3.8, 4) is 0 Å². The van der Waals surface area contributed by atoms with Crippen LogP contribution in [0, 0.1) is 10.1 Å². The average Bonchev–Trinajstić information content (AvgIpc) is 2.53. The molecule has 22 heavy (non-hydrogen) atoms. The van der Waals surface area contributed by atoms with Crippen LogP contribution in [0.5, 0.6) is 0 Å². The van der Waals surface area contributed by atoms with Crippen molar-refractivity contribution in [2.75, 3.05) is 5.32 Å². The van der Waals surface area contributed by atoms with Gasteiger partial charge in [-0.15, -0.1) is 0 Å². The van der Waals surface area contributed by atoms with Gasteiger partial charge in [0.25, 0.3) is 5.69 Å². The molecular weight excluding hydrogens is 286 g/mol. The molecule has 2 rings (SSSR count). The summed E-state index contributed by atoms with van der Waals surface area (Å²) in [6, 6.07) is 12.4. The summed E-state index contributed by atoms with van der Waals surface area (Å²) >= 11 is 0. The summed E-state index contributed by atoms with van der Waals surface area (Å²) in [7, 11) is 0. The fourth-order valence-electron chi connectivity index (χ4n) is 1.93. The Morgan fingerprint density at radius 3 is 2.55 bits per heavy atom. The van der Waals surface area contributed by atoms with Gasteiger partial charge in [0, 0.05) is 24.4 Å². The van der Waals surface area contributed by atoms with Crippen molar-refractivity contribution in [1.29, 1.82) is 0 Å². The van der Waals surface area contributed by atoms with Crippen LogP contribution in [0.1, 0.15) is 11.1 Å². The Morgan fingerprint density at radius 1 is 1.14 bits per heavy atom. The normalized spacial score (nSPS) is 10.0. The molecular formula is C15H15N3O4. The van der Waals surface area contributed by atoms with E-state index in [1.807, 2.05) is 6.07 Å². The predicted molar refractivity (Wildman–Crippen MR) is 81.3 cm³/mol. The van der Waals surface area contributed by atoms with E-state index in [2.05, 4.69) is 10.6 Å². The molecule has 0 fully saturated rings. The minimum absolute atomic E-state index is 0.0940. The maximum Gasteiger partial charge on any atom is 0.319 e. The van der Waals surface area contributed by atoms with Crippen LogP contribution in [0.3, 0.4) is 0 Å². The maximum atomic E-state index is 11.8. The van der Waals surface area contributed by atoms with Crippen molar-refractivity contribution in [1.82, 2.24) is 5.32 Å². The Morgan fingerprint density at radius 2 is 1.86 bits per heavy atom. The van der Waals surface area contributed by atoms with Gasteiger partial charge in [-0.1, -0.05) is 30.3 Å². The maximum absolute atomic E-state index is 11.8. The summed E-state index contributed by atoms with van der Waals surface area (Å²) in [6.07, 6.45) is 0. The lowest BCUT2D eigenvalue weighted by molar-refractivity contribution is -0.384. The molecule has 0 aromatic heterocycles. The van der Waals surface area contributed by atoms with Crippen LogP contribution in [0.4, 0.5) is 16.2 Å². The molecule has 0 aliphatic rings. The van der Waals surface area contributed by atoms with Crippen molar-refractivity contribution in [2.45, 2.75) is 13.2 Å². The Labute approximate surface area is 126 Å². The molecule has 7 nitrogen and oxygen atoms in total. The highest BCUT2D eigenvalue weighted by atomic mass is 16.6. The van der Waals surface area contributed by atoms with Crippen molar-refractivity contribution in [2.24, 2.45) is 0 Å². The molecule has 2 aromatic rings. The van der Waals surface area contributed by atoms with E-state index in [9.17, 15) is 20.0 Å². The van der Waals surface area contributed by atoms with E-state index < -0.39 is 11.0 Å². The highest BCUT2D eigenvalue weighted by Crippen LogP contribution is 2.16.